The first-order valence-electron chi connectivity index (χ1n) is 7.20. The second-order valence-electron chi connectivity index (χ2n) is 4.56. The molecule has 0 bridgehead atoms. The highest BCUT2D eigenvalue weighted by Gasteiger charge is 2.14. The lowest BCUT2D eigenvalue weighted by Crippen LogP contribution is -2.07. The van der Waals surface area contributed by atoms with Gasteiger partial charge in [0.15, 0.2) is 0 Å². The molecular formula is C19H22N4O5. The van der Waals surface area contributed by atoms with Crippen molar-refractivity contribution in [3.05, 3.63) is 58.7 Å². The molecule has 0 saturated heterocycles. The molecule has 2 aromatic rings. The summed E-state index contributed by atoms with van der Waals surface area (Å²) in [4.78, 5) is 21.7. The van der Waals surface area contributed by atoms with E-state index in [1.807, 2.05) is 6.07 Å². The van der Waals surface area contributed by atoms with Crippen molar-refractivity contribution in [1.29, 1.82) is 10.5 Å². The van der Waals surface area contributed by atoms with Crippen molar-refractivity contribution in [1.82, 2.24) is 0 Å². The van der Waals surface area contributed by atoms with Gasteiger partial charge in [-0.2, -0.15) is 10.5 Å². The van der Waals surface area contributed by atoms with E-state index in [0.717, 1.165) is 7.11 Å². The van der Waals surface area contributed by atoms with E-state index < -0.39 is 11.9 Å². The molecule has 6 N–H and O–H groups in total. The molecule has 0 atom stereocenters. The minimum Gasteiger partial charge on any atom is -0.478 e. The number of carboxylic acids is 1. The minimum atomic E-state index is -1.18. The molecule has 2 rings (SSSR count). The molecule has 0 unspecified atom stereocenters. The number of aliphatic hydroxyl groups excluding tert-OH is 1. The van der Waals surface area contributed by atoms with E-state index in [0.29, 0.717) is 0 Å². The largest absolute Gasteiger partial charge is 0.478 e. The Labute approximate surface area is 163 Å². The third-order valence-corrected chi connectivity index (χ3v) is 3.04. The number of aromatic carboxylic acids is 1. The first-order valence-corrected chi connectivity index (χ1v) is 7.20. The maximum absolute atomic E-state index is 11.2. The average Bonchev–Trinajstić information content (AvgIpc) is 2.68. The smallest absolute Gasteiger partial charge is 0.341 e. The molecule has 148 valence electrons. The number of rotatable bonds is 2. The quantitative estimate of drug-likeness (QED) is 0.442. The summed E-state index contributed by atoms with van der Waals surface area (Å²) in [5, 5.41) is 32.8. The Morgan fingerprint density at radius 1 is 0.929 bits per heavy atom. The van der Waals surface area contributed by atoms with Crippen LogP contribution >= 0.6 is 0 Å². The Balaban J connectivity index is 0. The van der Waals surface area contributed by atoms with Crippen molar-refractivity contribution in [3.8, 4) is 12.1 Å². The van der Waals surface area contributed by atoms with Gasteiger partial charge >= 0.3 is 11.9 Å². The maximum atomic E-state index is 11.2. The Bertz CT molecular complexity index is 898. The fourth-order valence-corrected chi connectivity index (χ4v) is 1.90. The highest BCUT2D eigenvalue weighted by atomic mass is 16.5. The van der Waals surface area contributed by atoms with Crippen molar-refractivity contribution < 1.29 is 24.5 Å². The molecule has 0 aliphatic heterocycles. The number of anilines is 2. The third-order valence-electron chi connectivity index (χ3n) is 3.04. The molecule has 0 aromatic heterocycles. The molecule has 28 heavy (non-hydrogen) atoms. The van der Waals surface area contributed by atoms with Crippen LogP contribution in [-0.4, -0.2) is 36.4 Å². The molecule has 0 aliphatic carbocycles. The fourth-order valence-electron chi connectivity index (χ4n) is 1.90. The number of ether oxygens (including phenoxy) is 1. The van der Waals surface area contributed by atoms with E-state index in [1.165, 1.54) is 25.3 Å². The summed E-state index contributed by atoms with van der Waals surface area (Å²) in [6, 6.07) is 12.7. The van der Waals surface area contributed by atoms with Gasteiger partial charge in [0, 0.05) is 18.5 Å². The highest BCUT2D eigenvalue weighted by Crippen LogP contribution is 2.17. The van der Waals surface area contributed by atoms with Crippen LogP contribution in [0.2, 0.25) is 0 Å². The number of carbonyl (C=O) groups is 2. The number of esters is 1. The Hall–Kier alpha value is -4.08. The van der Waals surface area contributed by atoms with Gasteiger partial charge in [0.2, 0.25) is 0 Å². The van der Waals surface area contributed by atoms with E-state index >= 15 is 0 Å². The molecule has 9 nitrogen and oxygen atoms in total. The first kappa shape index (κ1) is 26.2. The van der Waals surface area contributed by atoms with Crippen LogP contribution in [0.4, 0.5) is 11.4 Å². The summed E-state index contributed by atoms with van der Waals surface area (Å²) in [7, 11) is 2.25. The van der Waals surface area contributed by atoms with Gasteiger partial charge in [-0.1, -0.05) is 19.6 Å². The topological polar surface area (TPSA) is 183 Å². The van der Waals surface area contributed by atoms with Crippen LogP contribution in [0.5, 0.6) is 0 Å². The number of hydrogen-bond acceptors (Lipinski definition) is 8. The minimum absolute atomic E-state index is 0. The molecule has 2 aromatic carbocycles. The fraction of sp³-hybridized carbons (Fsp3) is 0.158. The SMILES string of the molecule is C.CO.COC(=O)c1c(N)cccc1C#N.N#Cc1cccc(N)c1C(=O)O. The summed E-state index contributed by atoms with van der Waals surface area (Å²) in [5.74, 6) is -1.76. The van der Waals surface area contributed by atoms with Crippen LogP contribution < -0.4 is 11.5 Å². The van der Waals surface area contributed by atoms with Gasteiger partial charge in [-0.3, -0.25) is 0 Å². The zero-order valence-corrected chi connectivity index (χ0v) is 14.6. The number of nitriles is 2. The molecule has 0 aliphatic rings. The molecule has 0 amide bonds. The molecule has 9 heteroatoms. The lowest BCUT2D eigenvalue weighted by Gasteiger charge is -2.04. The molecule has 0 saturated carbocycles. The Morgan fingerprint density at radius 3 is 1.64 bits per heavy atom. The van der Waals surface area contributed by atoms with Gasteiger partial charge in [0.25, 0.3) is 0 Å². The first-order chi connectivity index (χ1) is 12.9. The van der Waals surface area contributed by atoms with Gasteiger partial charge in [-0.05, 0) is 24.3 Å². The van der Waals surface area contributed by atoms with Crippen LogP contribution in [-0.2, 0) is 4.74 Å². The summed E-state index contributed by atoms with van der Waals surface area (Å²) in [5.41, 5.74) is 11.6. The van der Waals surface area contributed by atoms with Gasteiger partial charge in [-0.15, -0.1) is 0 Å². The van der Waals surface area contributed by atoms with Gasteiger partial charge in [0.05, 0.1) is 18.2 Å². The number of carboxylic acid groups (broad SMARTS) is 1. The van der Waals surface area contributed by atoms with Gasteiger partial charge < -0.3 is 26.4 Å². The number of hydrogen-bond donors (Lipinski definition) is 4. The van der Waals surface area contributed by atoms with E-state index in [2.05, 4.69) is 4.74 Å². The molecular weight excluding hydrogens is 364 g/mol. The second kappa shape index (κ2) is 13.2. The molecule has 0 fully saturated rings. The highest BCUT2D eigenvalue weighted by molar-refractivity contribution is 5.97. The van der Waals surface area contributed by atoms with Crippen molar-refractivity contribution in [2.75, 3.05) is 25.7 Å². The van der Waals surface area contributed by atoms with E-state index in [1.54, 1.807) is 24.3 Å². The predicted molar refractivity (Wildman–Crippen MR) is 104 cm³/mol. The maximum Gasteiger partial charge on any atom is 0.341 e. The number of nitrogens with two attached hydrogens (primary N) is 2. The molecule has 0 spiro atoms. The molecule has 0 radical (unpaired) electrons. The zero-order chi connectivity index (χ0) is 21.0. The predicted octanol–water partition coefficient (Wildman–Crippen LogP) is 2.01. The number of methoxy groups -OCH3 is 1. The van der Waals surface area contributed by atoms with Crippen molar-refractivity contribution in [3.63, 3.8) is 0 Å². The van der Waals surface area contributed by atoms with Crippen molar-refractivity contribution in [2.45, 2.75) is 7.43 Å². The van der Waals surface area contributed by atoms with E-state index in [4.69, 9.17) is 32.2 Å². The van der Waals surface area contributed by atoms with E-state index in [-0.39, 0.29) is 41.1 Å². The number of benzene rings is 2. The van der Waals surface area contributed by atoms with Crippen LogP contribution in [0.25, 0.3) is 0 Å². The average molecular weight is 386 g/mol. The van der Waals surface area contributed by atoms with Crippen molar-refractivity contribution >= 4 is 23.3 Å². The van der Waals surface area contributed by atoms with Crippen LogP contribution in [0.15, 0.2) is 36.4 Å². The molecule has 0 heterocycles. The lowest BCUT2D eigenvalue weighted by molar-refractivity contribution is 0.0600. The standard InChI is InChI=1S/C9H8N2O2.C8H6N2O2.CH4O.CH4/c1-13-9(12)8-6(5-10)3-2-4-7(8)11;9-4-5-2-1-3-6(10)7(5)8(11)12;1-2;/h2-4H,11H2,1H3;1-3H,10H2,(H,11,12);2H,1H3;1H4. The number of carbonyl (C=O) groups excluding carboxylic acids is 1. The normalized spacial score (nSPS) is 8.18. The number of nitrogen functional groups attached to an aromatic ring is 2. The zero-order valence-electron chi connectivity index (χ0n) is 14.6. The van der Waals surface area contributed by atoms with Crippen LogP contribution in [0.3, 0.4) is 0 Å². The van der Waals surface area contributed by atoms with Gasteiger partial charge in [0.1, 0.15) is 23.3 Å². The lowest BCUT2D eigenvalue weighted by atomic mass is 10.1. The third kappa shape index (κ3) is 6.67. The Kier molecular flexibility index (Phi) is 12.3. The summed E-state index contributed by atoms with van der Waals surface area (Å²) < 4.78 is 4.49. The monoisotopic (exact) mass is 386 g/mol. The Morgan fingerprint density at radius 2 is 1.32 bits per heavy atom. The number of nitrogens with zero attached hydrogens (tertiary/aromatic N) is 2. The second-order valence-corrected chi connectivity index (χ2v) is 4.56. The summed E-state index contributed by atoms with van der Waals surface area (Å²) in [6.07, 6.45) is 0. The summed E-state index contributed by atoms with van der Waals surface area (Å²) in [6.45, 7) is 0. The van der Waals surface area contributed by atoms with E-state index in [9.17, 15) is 9.59 Å². The number of aliphatic hydroxyl groups is 1. The summed E-state index contributed by atoms with van der Waals surface area (Å²) >= 11 is 0. The van der Waals surface area contributed by atoms with Crippen molar-refractivity contribution in [2.24, 2.45) is 0 Å². The van der Waals surface area contributed by atoms with Gasteiger partial charge in [-0.25, -0.2) is 9.59 Å². The van der Waals surface area contributed by atoms with Crippen LogP contribution in [0, 0.1) is 22.7 Å². The van der Waals surface area contributed by atoms with Crippen LogP contribution in [0.1, 0.15) is 39.3 Å².